The van der Waals surface area contributed by atoms with Gasteiger partial charge in [-0.3, -0.25) is 4.79 Å². The molecule has 1 rings (SSSR count). The average Bonchev–Trinajstić information content (AvgIpc) is 2.05. The molecule has 3 heteroatoms. The second kappa shape index (κ2) is 4.93. The molecule has 0 spiro atoms. The summed E-state index contributed by atoms with van der Waals surface area (Å²) in [6, 6.07) is 0. The summed E-state index contributed by atoms with van der Waals surface area (Å²) in [6.07, 6.45) is 7.57. The van der Waals surface area contributed by atoms with Gasteiger partial charge in [0.15, 0.2) is 6.79 Å². The van der Waals surface area contributed by atoms with Gasteiger partial charge >= 0.3 is 5.97 Å². The molecule has 1 atom stereocenters. The van der Waals surface area contributed by atoms with Crippen molar-refractivity contribution in [2.75, 3.05) is 6.79 Å². The van der Waals surface area contributed by atoms with Gasteiger partial charge in [0.2, 0.25) is 0 Å². The van der Waals surface area contributed by atoms with Crippen LogP contribution >= 0.6 is 0 Å². The smallest absolute Gasteiger partial charge is 0.304 e. The molecule has 0 aromatic rings. The van der Waals surface area contributed by atoms with E-state index in [9.17, 15) is 4.79 Å². The van der Waals surface area contributed by atoms with E-state index in [0.717, 1.165) is 19.3 Å². The van der Waals surface area contributed by atoms with Crippen molar-refractivity contribution < 1.29 is 14.3 Å². The zero-order chi connectivity index (χ0) is 8.81. The maximum atomic E-state index is 10.4. The number of carbonyl (C=O) groups is 1. The highest BCUT2D eigenvalue weighted by molar-refractivity contribution is 5.65. The van der Waals surface area contributed by atoms with Crippen molar-refractivity contribution >= 4 is 5.97 Å². The summed E-state index contributed by atoms with van der Waals surface area (Å²) in [5, 5.41) is 0. The van der Waals surface area contributed by atoms with Crippen LogP contribution in [0.3, 0.4) is 0 Å². The van der Waals surface area contributed by atoms with Crippen LogP contribution in [-0.4, -0.2) is 18.9 Å². The molecule has 3 nitrogen and oxygen atoms in total. The minimum atomic E-state index is -0.296. The zero-order valence-electron chi connectivity index (χ0n) is 7.29. The molecule has 0 aromatic heterocycles. The molecule has 0 saturated heterocycles. The van der Waals surface area contributed by atoms with Crippen LogP contribution in [-0.2, 0) is 14.3 Å². The van der Waals surface area contributed by atoms with E-state index in [2.05, 4.69) is 10.8 Å². The summed E-state index contributed by atoms with van der Waals surface area (Å²) in [5.74, 6) is -0.296. The highest BCUT2D eigenvalue weighted by Gasteiger charge is 2.08. The normalized spacial score (nSPS) is 22.2. The summed E-state index contributed by atoms with van der Waals surface area (Å²) in [4.78, 5) is 10.4. The van der Waals surface area contributed by atoms with Gasteiger partial charge in [0.25, 0.3) is 0 Å². The number of hydrogen-bond acceptors (Lipinski definition) is 3. The van der Waals surface area contributed by atoms with E-state index in [-0.39, 0.29) is 18.9 Å². The molecule has 68 valence electrons. The van der Waals surface area contributed by atoms with Gasteiger partial charge in [-0.15, -0.1) is 0 Å². The third-order valence-electron chi connectivity index (χ3n) is 1.75. The van der Waals surface area contributed by atoms with E-state index in [1.54, 1.807) is 0 Å². The SMILES string of the molecule is CC(=O)OCOC1C=CCCC1. The number of rotatable bonds is 3. The molecule has 0 N–H and O–H groups in total. The maximum Gasteiger partial charge on any atom is 0.304 e. The van der Waals surface area contributed by atoms with E-state index < -0.39 is 0 Å². The second-order valence-electron chi connectivity index (χ2n) is 2.82. The van der Waals surface area contributed by atoms with Crippen molar-refractivity contribution in [1.82, 2.24) is 0 Å². The number of esters is 1. The molecule has 1 unspecified atom stereocenters. The Bertz CT molecular complexity index is 175. The van der Waals surface area contributed by atoms with Gasteiger partial charge in [-0.25, -0.2) is 0 Å². The molecule has 12 heavy (non-hydrogen) atoms. The predicted molar refractivity (Wildman–Crippen MR) is 44.5 cm³/mol. The molecule has 1 aliphatic carbocycles. The van der Waals surface area contributed by atoms with Crippen LogP contribution in [0, 0.1) is 0 Å². The van der Waals surface area contributed by atoms with Gasteiger partial charge in [-0.2, -0.15) is 0 Å². The fourth-order valence-corrected chi connectivity index (χ4v) is 1.12. The third-order valence-corrected chi connectivity index (χ3v) is 1.75. The van der Waals surface area contributed by atoms with Crippen molar-refractivity contribution in [2.45, 2.75) is 32.3 Å². The van der Waals surface area contributed by atoms with Crippen LogP contribution in [0.5, 0.6) is 0 Å². The Morgan fingerprint density at radius 3 is 3.08 bits per heavy atom. The minimum Gasteiger partial charge on any atom is -0.439 e. The largest absolute Gasteiger partial charge is 0.439 e. The Balaban J connectivity index is 2.09. The number of hydrogen-bond donors (Lipinski definition) is 0. The first kappa shape index (κ1) is 9.26. The lowest BCUT2D eigenvalue weighted by Gasteiger charge is -2.16. The summed E-state index contributed by atoms with van der Waals surface area (Å²) in [5.41, 5.74) is 0. The summed E-state index contributed by atoms with van der Waals surface area (Å²) < 4.78 is 9.91. The van der Waals surface area contributed by atoms with E-state index in [1.807, 2.05) is 6.08 Å². The first-order chi connectivity index (χ1) is 5.79. The zero-order valence-corrected chi connectivity index (χ0v) is 7.29. The molecule has 0 bridgehead atoms. The van der Waals surface area contributed by atoms with Crippen molar-refractivity contribution in [3.8, 4) is 0 Å². The summed E-state index contributed by atoms with van der Waals surface area (Å²) in [6.45, 7) is 1.45. The average molecular weight is 170 g/mol. The molecule has 0 fully saturated rings. The first-order valence-electron chi connectivity index (χ1n) is 4.20. The monoisotopic (exact) mass is 170 g/mol. The fourth-order valence-electron chi connectivity index (χ4n) is 1.12. The highest BCUT2D eigenvalue weighted by atomic mass is 16.7. The quantitative estimate of drug-likeness (QED) is 0.367. The number of allylic oxidation sites excluding steroid dienone is 1. The molecule has 0 aliphatic heterocycles. The molecule has 0 radical (unpaired) electrons. The Morgan fingerprint density at radius 2 is 2.50 bits per heavy atom. The van der Waals surface area contributed by atoms with Crippen molar-refractivity contribution in [2.24, 2.45) is 0 Å². The van der Waals surface area contributed by atoms with Gasteiger partial charge < -0.3 is 9.47 Å². The van der Waals surface area contributed by atoms with Gasteiger partial charge in [-0.1, -0.05) is 12.2 Å². The molecule has 1 aliphatic rings. The third kappa shape index (κ3) is 3.53. The fraction of sp³-hybridized carbons (Fsp3) is 0.667. The van der Waals surface area contributed by atoms with Crippen LogP contribution in [0.15, 0.2) is 12.2 Å². The van der Waals surface area contributed by atoms with Crippen molar-refractivity contribution in [3.63, 3.8) is 0 Å². The molecule has 0 heterocycles. The van der Waals surface area contributed by atoms with E-state index in [1.165, 1.54) is 6.92 Å². The molecule has 0 aromatic carbocycles. The Kier molecular flexibility index (Phi) is 3.80. The van der Waals surface area contributed by atoms with Crippen LogP contribution in [0.25, 0.3) is 0 Å². The van der Waals surface area contributed by atoms with Gasteiger partial charge in [0.05, 0.1) is 6.10 Å². The number of carbonyl (C=O) groups excluding carboxylic acids is 1. The standard InChI is InChI=1S/C9H14O3/c1-8(10)11-7-12-9-5-3-2-4-6-9/h3,5,9H,2,4,6-7H2,1H3. The highest BCUT2D eigenvalue weighted by Crippen LogP contribution is 2.13. The molecular formula is C9H14O3. The first-order valence-corrected chi connectivity index (χ1v) is 4.20. The lowest BCUT2D eigenvalue weighted by molar-refractivity contribution is -0.156. The van der Waals surface area contributed by atoms with E-state index in [4.69, 9.17) is 4.74 Å². The summed E-state index contributed by atoms with van der Waals surface area (Å²) >= 11 is 0. The van der Waals surface area contributed by atoms with Gasteiger partial charge in [0, 0.05) is 6.92 Å². The Labute approximate surface area is 72.4 Å². The van der Waals surface area contributed by atoms with Gasteiger partial charge in [-0.05, 0) is 19.3 Å². The second-order valence-corrected chi connectivity index (χ2v) is 2.82. The lowest BCUT2D eigenvalue weighted by Crippen LogP contribution is -2.15. The summed E-state index contributed by atoms with van der Waals surface area (Å²) in [7, 11) is 0. The molecule has 0 saturated carbocycles. The van der Waals surface area contributed by atoms with Crippen LogP contribution in [0.2, 0.25) is 0 Å². The minimum absolute atomic E-state index is 0.0737. The van der Waals surface area contributed by atoms with Crippen LogP contribution < -0.4 is 0 Å². The lowest BCUT2D eigenvalue weighted by atomic mass is 10.1. The van der Waals surface area contributed by atoms with Crippen LogP contribution in [0.4, 0.5) is 0 Å². The topological polar surface area (TPSA) is 35.5 Å². The maximum absolute atomic E-state index is 10.4. The van der Waals surface area contributed by atoms with E-state index >= 15 is 0 Å². The Morgan fingerprint density at radius 1 is 1.67 bits per heavy atom. The van der Waals surface area contributed by atoms with Crippen molar-refractivity contribution in [3.05, 3.63) is 12.2 Å². The predicted octanol–water partition coefficient (Wildman–Crippen LogP) is 1.63. The van der Waals surface area contributed by atoms with Crippen LogP contribution in [0.1, 0.15) is 26.2 Å². The van der Waals surface area contributed by atoms with Crippen molar-refractivity contribution in [1.29, 1.82) is 0 Å². The Hall–Kier alpha value is -0.830. The number of ether oxygens (including phenoxy) is 2. The van der Waals surface area contributed by atoms with E-state index in [0.29, 0.717) is 0 Å². The molecular weight excluding hydrogens is 156 g/mol. The molecule has 0 amide bonds. The van der Waals surface area contributed by atoms with Gasteiger partial charge in [0.1, 0.15) is 0 Å².